The monoisotopic (exact) mass is 408 g/mol. The summed E-state index contributed by atoms with van der Waals surface area (Å²) in [6, 6.07) is 24.9. The van der Waals surface area contributed by atoms with Crippen molar-refractivity contribution in [1.29, 1.82) is 0 Å². The molecule has 6 rings (SSSR count). The molecule has 1 atom stereocenters. The van der Waals surface area contributed by atoms with Crippen LogP contribution < -0.4 is 0 Å². The Morgan fingerprint density at radius 1 is 0.774 bits per heavy atom. The Labute approximate surface area is 181 Å². The molecule has 1 saturated carbocycles. The zero-order chi connectivity index (χ0) is 20.6. The number of hydrogen-bond donors (Lipinski definition) is 0. The molecule has 1 aromatic heterocycles. The van der Waals surface area contributed by atoms with E-state index < -0.39 is 0 Å². The average Bonchev–Trinajstić information content (AvgIpc) is 3.40. The molecule has 5 nitrogen and oxygen atoms in total. The van der Waals surface area contributed by atoms with Gasteiger partial charge in [0.05, 0.1) is 5.52 Å². The van der Waals surface area contributed by atoms with Gasteiger partial charge in [0.2, 0.25) is 6.23 Å². The van der Waals surface area contributed by atoms with E-state index in [4.69, 9.17) is 9.99 Å². The van der Waals surface area contributed by atoms with Crippen molar-refractivity contribution >= 4 is 16.7 Å². The molecule has 0 N–H and O–H groups in total. The third kappa shape index (κ3) is 3.12. The van der Waals surface area contributed by atoms with Crippen LogP contribution in [-0.4, -0.2) is 20.7 Å². The van der Waals surface area contributed by atoms with Crippen molar-refractivity contribution in [3.8, 4) is 11.1 Å². The molecular formula is C26H24N4O. The van der Waals surface area contributed by atoms with Crippen LogP contribution in [0.5, 0.6) is 0 Å². The predicted octanol–water partition coefficient (Wildman–Crippen LogP) is 5.96. The first-order chi connectivity index (χ1) is 15.4. The van der Waals surface area contributed by atoms with Gasteiger partial charge in [0, 0.05) is 17.0 Å². The van der Waals surface area contributed by atoms with Crippen LogP contribution in [-0.2, 0) is 4.84 Å². The van der Waals surface area contributed by atoms with Crippen molar-refractivity contribution in [3.63, 3.8) is 0 Å². The van der Waals surface area contributed by atoms with E-state index in [9.17, 15) is 0 Å². The predicted molar refractivity (Wildman–Crippen MR) is 122 cm³/mol. The highest BCUT2D eigenvalue weighted by atomic mass is 16.7. The van der Waals surface area contributed by atoms with Crippen molar-refractivity contribution in [2.45, 2.75) is 38.3 Å². The molecule has 2 aliphatic rings. The van der Waals surface area contributed by atoms with Gasteiger partial charge in [-0.15, -0.1) is 5.10 Å². The minimum Gasteiger partial charge on any atom is -0.368 e. The highest BCUT2D eigenvalue weighted by Gasteiger charge is 2.31. The number of rotatable bonds is 4. The normalized spacial score (nSPS) is 16.7. The van der Waals surface area contributed by atoms with Gasteiger partial charge in [-0.3, -0.25) is 0 Å². The Hall–Kier alpha value is -3.47. The molecule has 4 aromatic rings. The van der Waals surface area contributed by atoms with E-state index in [0.717, 1.165) is 40.7 Å². The Morgan fingerprint density at radius 2 is 1.39 bits per heavy atom. The van der Waals surface area contributed by atoms with E-state index in [0.29, 0.717) is 5.92 Å². The highest BCUT2D eigenvalue weighted by Crippen LogP contribution is 2.38. The number of oxime groups is 1. The van der Waals surface area contributed by atoms with Gasteiger partial charge < -0.3 is 4.84 Å². The standard InChI is InChI=1S/C26H24N4O/c1-2-10-18(11-3-1)26(30-24-17-9-8-16-23(24)27-29-30)31-28-25-21-14-6-4-12-19(21)20-13-5-7-15-22(20)25/h4-9,12-18,26H,1-3,10-11H2. The van der Waals surface area contributed by atoms with E-state index in [1.165, 1.54) is 30.4 Å². The Bertz CT molecular complexity index is 1220. The van der Waals surface area contributed by atoms with Crippen LogP contribution in [0.25, 0.3) is 22.2 Å². The first-order valence-electron chi connectivity index (χ1n) is 11.1. The molecule has 2 aliphatic carbocycles. The Morgan fingerprint density at radius 3 is 2.10 bits per heavy atom. The second kappa shape index (κ2) is 7.65. The summed E-state index contributed by atoms with van der Waals surface area (Å²) >= 11 is 0. The number of benzene rings is 3. The summed E-state index contributed by atoms with van der Waals surface area (Å²) in [6.45, 7) is 0. The molecule has 3 aromatic carbocycles. The average molecular weight is 409 g/mol. The quantitative estimate of drug-likeness (QED) is 0.345. The minimum absolute atomic E-state index is 0.264. The zero-order valence-electron chi connectivity index (χ0n) is 17.3. The lowest BCUT2D eigenvalue weighted by molar-refractivity contribution is -0.0535. The topological polar surface area (TPSA) is 52.3 Å². The fourth-order valence-electron chi connectivity index (χ4n) is 5.02. The maximum atomic E-state index is 6.38. The van der Waals surface area contributed by atoms with Gasteiger partial charge in [-0.2, -0.15) is 0 Å². The second-order valence-electron chi connectivity index (χ2n) is 8.45. The van der Waals surface area contributed by atoms with Gasteiger partial charge in [-0.1, -0.05) is 90.3 Å². The van der Waals surface area contributed by atoms with Crippen molar-refractivity contribution < 1.29 is 4.84 Å². The molecule has 0 bridgehead atoms. The van der Waals surface area contributed by atoms with Crippen molar-refractivity contribution in [2.24, 2.45) is 11.1 Å². The summed E-state index contributed by atoms with van der Waals surface area (Å²) in [5.74, 6) is 0.370. The van der Waals surface area contributed by atoms with Crippen molar-refractivity contribution in [3.05, 3.63) is 83.9 Å². The van der Waals surface area contributed by atoms with Gasteiger partial charge >= 0.3 is 0 Å². The summed E-state index contributed by atoms with van der Waals surface area (Å²) in [4.78, 5) is 6.38. The second-order valence-corrected chi connectivity index (χ2v) is 8.45. The van der Waals surface area contributed by atoms with Gasteiger partial charge in [-0.05, 0) is 36.1 Å². The van der Waals surface area contributed by atoms with Crippen LogP contribution in [0.15, 0.2) is 78.0 Å². The molecule has 0 radical (unpaired) electrons. The largest absolute Gasteiger partial charge is 0.368 e. The zero-order valence-corrected chi connectivity index (χ0v) is 17.3. The minimum atomic E-state index is -0.264. The van der Waals surface area contributed by atoms with Crippen molar-refractivity contribution in [2.75, 3.05) is 0 Å². The molecule has 1 unspecified atom stereocenters. The molecule has 31 heavy (non-hydrogen) atoms. The number of hydrogen-bond acceptors (Lipinski definition) is 4. The summed E-state index contributed by atoms with van der Waals surface area (Å²) in [5, 5.41) is 13.6. The maximum absolute atomic E-state index is 6.38. The third-order valence-corrected chi connectivity index (χ3v) is 6.58. The van der Waals surface area contributed by atoms with E-state index in [1.54, 1.807) is 0 Å². The molecule has 0 saturated heterocycles. The van der Waals surface area contributed by atoms with Crippen LogP contribution >= 0.6 is 0 Å². The van der Waals surface area contributed by atoms with E-state index in [2.05, 4.69) is 64.9 Å². The van der Waals surface area contributed by atoms with Gasteiger partial charge in [0.25, 0.3) is 0 Å². The summed E-state index contributed by atoms with van der Waals surface area (Å²) in [7, 11) is 0. The first-order valence-corrected chi connectivity index (χ1v) is 11.1. The smallest absolute Gasteiger partial charge is 0.223 e. The lowest BCUT2D eigenvalue weighted by Crippen LogP contribution is -2.24. The van der Waals surface area contributed by atoms with Crippen LogP contribution in [0.2, 0.25) is 0 Å². The van der Waals surface area contributed by atoms with Gasteiger partial charge in [0.15, 0.2) is 0 Å². The van der Waals surface area contributed by atoms with Crippen LogP contribution in [0, 0.1) is 5.92 Å². The summed E-state index contributed by atoms with van der Waals surface area (Å²) < 4.78 is 1.93. The number of para-hydroxylation sites is 1. The number of fused-ring (bicyclic) bond motifs is 4. The molecule has 0 amide bonds. The van der Waals surface area contributed by atoms with Crippen molar-refractivity contribution in [1.82, 2.24) is 15.0 Å². The summed E-state index contributed by atoms with van der Waals surface area (Å²) in [5.41, 5.74) is 7.43. The van der Waals surface area contributed by atoms with Gasteiger partial charge in [0.1, 0.15) is 11.2 Å². The maximum Gasteiger partial charge on any atom is 0.223 e. The Balaban J connectivity index is 1.43. The number of aromatic nitrogens is 3. The molecular weight excluding hydrogens is 384 g/mol. The van der Waals surface area contributed by atoms with Gasteiger partial charge in [-0.25, -0.2) is 4.68 Å². The fraction of sp³-hybridized carbons (Fsp3) is 0.269. The molecule has 0 aliphatic heterocycles. The first kappa shape index (κ1) is 18.3. The fourth-order valence-corrected chi connectivity index (χ4v) is 5.02. The highest BCUT2D eigenvalue weighted by molar-refractivity contribution is 6.24. The summed E-state index contributed by atoms with van der Waals surface area (Å²) in [6.07, 6.45) is 5.71. The van der Waals surface area contributed by atoms with E-state index in [-0.39, 0.29) is 6.23 Å². The van der Waals surface area contributed by atoms with Crippen LogP contribution in [0.4, 0.5) is 0 Å². The Kier molecular flexibility index (Phi) is 4.52. The van der Waals surface area contributed by atoms with Crippen LogP contribution in [0.3, 0.4) is 0 Å². The molecule has 0 spiro atoms. The lowest BCUT2D eigenvalue weighted by Gasteiger charge is -2.28. The SMILES string of the molecule is c1ccc2c(c1)C(=NOC(C1CCCCC1)n1nnc3ccccc31)c1ccccc1-2. The van der Waals surface area contributed by atoms with E-state index in [1.807, 2.05) is 22.9 Å². The lowest BCUT2D eigenvalue weighted by atomic mass is 9.88. The third-order valence-electron chi connectivity index (χ3n) is 6.58. The molecule has 154 valence electrons. The van der Waals surface area contributed by atoms with E-state index >= 15 is 0 Å². The number of nitrogens with zero attached hydrogens (tertiary/aromatic N) is 4. The molecule has 1 heterocycles. The molecule has 5 heteroatoms. The molecule has 1 fully saturated rings. The van der Waals surface area contributed by atoms with Crippen LogP contribution in [0.1, 0.15) is 49.5 Å².